The standard InChI is InChI=1S/C13H21N5O2/c19-12(15-9-5-2-1-3-6-9)16-13-18-17-11(20-13)10-7-4-8-14-10/h9-10,14H,1-8H2,(H2,15,16,18,19). The highest BCUT2D eigenvalue weighted by Gasteiger charge is 2.23. The minimum absolute atomic E-state index is 0.124. The highest BCUT2D eigenvalue weighted by molar-refractivity contribution is 5.87. The molecular weight excluding hydrogens is 258 g/mol. The Kier molecular flexibility index (Phi) is 4.15. The number of rotatable bonds is 3. The van der Waals surface area contributed by atoms with E-state index in [2.05, 4.69) is 26.1 Å². The van der Waals surface area contributed by atoms with Gasteiger partial charge >= 0.3 is 12.0 Å². The summed E-state index contributed by atoms with van der Waals surface area (Å²) in [5, 5.41) is 16.7. The Bertz CT molecular complexity index is 449. The van der Waals surface area contributed by atoms with Crippen LogP contribution < -0.4 is 16.0 Å². The fourth-order valence-electron chi connectivity index (χ4n) is 2.89. The summed E-state index contributed by atoms with van der Waals surface area (Å²) in [6.45, 7) is 0.970. The fourth-order valence-corrected chi connectivity index (χ4v) is 2.89. The van der Waals surface area contributed by atoms with E-state index in [1.807, 2.05) is 0 Å². The number of carbonyl (C=O) groups is 1. The van der Waals surface area contributed by atoms with Gasteiger partial charge in [-0.15, -0.1) is 5.10 Å². The molecule has 7 nitrogen and oxygen atoms in total. The molecule has 2 amide bonds. The van der Waals surface area contributed by atoms with E-state index < -0.39 is 0 Å². The van der Waals surface area contributed by atoms with Gasteiger partial charge in [0.05, 0.1) is 6.04 Å². The monoisotopic (exact) mass is 279 g/mol. The molecule has 1 atom stereocenters. The molecule has 1 aromatic heterocycles. The SMILES string of the molecule is O=C(Nc1nnc(C2CCCN2)o1)NC1CCCCC1. The lowest BCUT2D eigenvalue weighted by molar-refractivity contribution is 0.243. The highest BCUT2D eigenvalue weighted by Crippen LogP contribution is 2.23. The van der Waals surface area contributed by atoms with Gasteiger partial charge in [-0.1, -0.05) is 24.4 Å². The predicted molar refractivity (Wildman–Crippen MR) is 73.3 cm³/mol. The number of nitrogens with zero attached hydrogens (tertiary/aromatic N) is 2. The van der Waals surface area contributed by atoms with Gasteiger partial charge in [-0.05, 0) is 32.2 Å². The minimum atomic E-state index is -0.258. The maximum Gasteiger partial charge on any atom is 0.323 e. The summed E-state index contributed by atoms with van der Waals surface area (Å²) in [5.41, 5.74) is 0. The van der Waals surface area contributed by atoms with Gasteiger partial charge < -0.3 is 15.1 Å². The Balaban J connectivity index is 1.50. The van der Waals surface area contributed by atoms with Gasteiger partial charge in [-0.3, -0.25) is 5.32 Å². The average Bonchev–Trinajstić information content (AvgIpc) is 3.10. The van der Waals surface area contributed by atoms with E-state index >= 15 is 0 Å². The van der Waals surface area contributed by atoms with Crippen LogP contribution in [0.5, 0.6) is 0 Å². The van der Waals surface area contributed by atoms with Gasteiger partial charge in [0.15, 0.2) is 0 Å². The first-order valence-corrected chi connectivity index (χ1v) is 7.45. The molecule has 1 aliphatic carbocycles. The highest BCUT2D eigenvalue weighted by atomic mass is 16.4. The number of hydrogen-bond donors (Lipinski definition) is 3. The maximum atomic E-state index is 11.8. The molecule has 1 aromatic rings. The summed E-state index contributed by atoms with van der Waals surface area (Å²) in [5.74, 6) is 0.551. The normalized spacial score (nSPS) is 23.7. The van der Waals surface area contributed by atoms with Crippen LogP contribution in [0, 0.1) is 0 Å². The maximum absolute atomic E-state index is 11.8. The van der Waals surface area contributed by atoms with Crippen molar-refractivity contribution in [3.05, 3.63) is 5.89 Å². The molecule has 2 heterocycles. The molecule has 0 bridgehead atoms. The van der Waals surface area contributed by atoms with Crippen molar-refractivity contribution >= 4 is 12.0 Å². The van der Waals surface area contributed by atoms with E-state index in [-0.39, 0.29) is 24.1 Å². The van der Waals surface area contributed by atoms with Gasteiger partial charge in [0, 0.05) is 6.04 Å². The Morgan fingerprint density at radius 3 is 2.75 bits per heavy atom. The van der Waals surface area contributed by atoms with E-state index in [0.29, 0.717) is 5.89 Å². The first kappa shape index (κ1) is 13.4. The van der Waals surface area contributed by atoms with Crippen molar-refractivity contribution in [2.75, 3.05) is 11.9 Å². The second-order valence-corrected chi connectivity index (χ2v) is 5.53. The van der Waals surface area contributed by atoms with Crippen LogP contribution in [0.25, 0.3) is 0 Å². The second kappa shape index (κ2) is 6.21. The van der Waals surface area contributed by atoms with Crippen LogP contribution in [0.2, 0.25) is 0 Å². The number of anilines is 1. The van der Waals surface area contributed by atoms with Gasteiger partial charge in [-0.2, -0.15) is 0 Å². The summed E-state index contributed by atoms with van der Waals surface area (Å²) in [6, 6.07) is 0.301. The molecule has 1 saturated heterocycles. The Labute approximate surface area is 117 Å². The van der Waals surface area contributed by atoms with Crippen LogP contribution in [0.1, 0.15) is 56.9 Å². The van der Waals surface area contributed by atoms with Crippen molar-refractivity contribution in [3.8, 4) is 0 Å². The Morgan fingerprint density at radius 1 is 1.15 bits per heavy atom. The lowest BCUT2D eigenvalue weighted by Gasteiger charge is -2.22. The molecule has 7 heteroatoms. The number of hydrogen-bond acceptors (Lipinski definition) is 5. The van der Waals surface area contributed by atoms with E-state index in [1.54, 1.807) is 0 Å². The number of carbonyl (C=O) groups excluding carboxylic acids is 1. The molecule has 2 fully saturated rings. The Hall–Kier alpha value is -1.63. The molecular formula is C13H21N5O2. The number of urea groups is 1. The van der Waals surface area contributed by atoms with Crippen molar-refractivity contribution in [2.45, 2.75) is 57.0 Å². The molecule has 0 aromatic carbocycles. The van der Waals surface area contributed by atoms with Crippen molar-refractivity contribution in [1.29, 1.82) is 0 Å². The van der Waals surface area contributed by atoms with Gasteiger partial charge in [0.1, 0.15) is 0 Å². The molecule has 0 spiro atoms. The zero-order valence-corrected chi connectivity index (χ0v) is 11.5. The lowest BCUT2D eigenvalue weighted by atomic mass is 9.96. The first-order chi connectivity index (χ1) is 9.81. The third kappa shape index (κ3) is 3.27. The van der Waals surface area contributed by atoms with Crippen molar-refractivity contribution in [3.63, 3.8) is 0 Å². The minimum Gasteiger partial charge on any atom is -0.406 e. The van der Waals surface area contributed by atoms with E-state index in [4.69, 9.17) is 4.42 Å². The van der Waals surface area contributed by atoms with Crippen molar-refractivity contribution in [1.82, 2.24) is 20.8 Å². The van der Waals surface area contributed by atoms with E-state index in [9.17, 15) is 4.79 Å². The molecule has 1 aliphatic heterocycles. The quantitative estimate of drug-likeness (QED) is 0.786. The summed E-state index contributed by atoms with van der Waals surface area (Å²) in [6.07, 6.45) is 7.84. The third-order valence-corrected chi connectivity index (χ3v) is 3.96. The van der Waals surface area contributed by atoms with Crippen LogP contribution in [-0.2, 0) is 0 Å². The van der Waals surface area contributed by atoms with Crippen LogP contribution >= 0.6 is 0 Å². The Morgan fingerprint density at radius 2 is 2.00 bits per heavy atom. The summed E-state index contributed by atoms with van der Waals surface area (Å²) < 4.78 is 5.47. The van der Waals surface area contributed by atoms with Crippen LogP contribution in [-0.4, -0.2) is 28.8 Å². The van der Waals surface area contributed by atoms with Gasteiger partial charge in [0.2, 0.25) is 5.89 Å². The zero-order valence-electron chi connectivity index (χ0n) is 11.5. The smallest absolute Gasteiger partial charge is 0.323 e. The van der Waals surface area contributed by atoms with Crippen molar-refractivity contribution < 1.29 is 9.21 Å². The number of nitrogens with one attached hydrogen (secondary N) is 3. The lowest BCUT2D eigenvalue weighted by Crippen LogP contribution is -2.39. The summed E-state index contributed by atoms with van der Waals surface area (Å²) >= 11 is 0. The molecule has 3 N–H and O–H groups in total. The molecule has 0 radical (unpaired) electrons. The summed E-state index contributed by atoms with van der Waals surface area (Å²) in [7, 11) is 0. The molecule has 110 valence electrons. The number of amides is 2. The number of aromatic nitrogens is 2. The van der Waals surface area contributed by atoms with Gasteiger partial charge in [-0.25, -0.2) is 4.79 Å². The molecule has 1 unspecified atom stereocenters. The topological polar surface area (TPSA) is 92.1 Å². The molecule has 20 heavy (non-hydrogen) atoms. The molecule has 3 rings (SSSR count). The van der Waals surface area contributed by atoms with Crippen LogP contribution in [0.3, 0.4) is 0 Å². The fraction of sp³-hybridized carbons (Fsp3) is 0.769. The van der Waals surface area contributed by atoms with Crippen LogP contribution in [0.15, 0.2) is 4.42 Å². The predicted octanol–water partition coefficient (Wildman–Crippen LogP) is 1.95. The average molecular weight is 279 g/mol. The van der Waals surface area contributed by atoms with E-state index in [1.165, 1.54) is 19.3 Å². The van der Waals surface area contributed by atoms with Crippen LogP contribution in [0.4, 0.5) is 10.8 Å². The first-order valence-electron chi connectivity index (χ1n) is 7.45. The summed E-state index contributed by atoms with van der Waals surface area (Å²) in [4.78, 5) is 11.8. The van der Waals surface area contributed by atoms with E-state index in [0.717, 1.165) is 32.2 Å². The van der Waals surface area contributed by atoms with Crippen molar-refractivity contribution in [2.24, 2.45) is 0 Å². The largest absolute Gasteiger partial charge is 0.406 e. The molecule has 1 saturated carbocycles. The third-order valence-electron chi connectivity index (χ3n) is 3.96. The van der Waals surface area contributed by atoms with Gasteiger partial charge in [0.25, 0.3) is 0 Å². The zero-order chi connectivity index (χ0) is 13.8. The molecule has 2 aliphatic rings. The second-order valence-electron chi connectivity index (χ2n) is 5.53.